The highest BCUT2D eigenvalue weighted by Crippen LogP contribution is 2.31. The van der Waals surface area contributed by atoms with Crippen molar-refractivity contribution in [2.24, 2.45) is 0 Å². The summed E-state index contributed by atoms with van der Waals surface area (Å²) >= 11 is 6.41. The van der Waals surface area contributed by atoms with Crippen LogP contribution in [0.2, 0.25) is 0 Å². The van der Waals surface area contributed by atoms with Gasteiger partial charge in [0.25, 0.3) is 5.69 Å². The van der Waals surface area contributed by atoms with Crippen molar-refractivity contribution >= 4 is 43.5 Å². The van der Waals surface area contributed by atoms with Gasteiger partial charge >= 0.3 is 5.97 Å². The standard InChI is InChI=1S/C10H9Br2NO4/c1-2-17-10(14)4-6-3-7(11)8(12)5-9(6)13(15)16/h3,5H,2,4H2,1H3. The summed E-state index contributed by atoms with van der Waals surface area (Å²) in [7, 11) is 0. The van der Waals surface area contributed by atoms with Crippen molar-refractivity contribution in [3.8, 4) is 0 Å². The molecule has 17 heavy (non-hydrogen) atoms. The van der Waals surface area contributed by atoms with Crippen LogP contribution in [0.15, 0.2) is 21.1 Å². The van der Waals surface area contributed by atoms with Gasteiger partial charge in [-0.05, 0) is 44.8 Å². The van der Waals surface area contributed by atoms with Gasteiger partial charge in [0.2, 0.25) is 0 Å². The Morgan fingerprint density at radius 3 is 2.53 bits per heavy atom. The number of carbonyl (C=O) groups excluding carboxylic acids is 1. The third-order valence-corrected chi connectivity index (χ3v) is 3.80. The first-order valence-corrected chi connectivity index (χ1v) is 6.32. The zero-order valence-electron chi connectivity index (χ0n) is 8.91. The molecule has 0 amide bonds. The molecule has 0 saturated carbocycles. The lowest BCUT2D eigenvalue weighted by Gasteiger charge is -2.05. The van der Waals surface area contributed by atoms with Crippen LogP contribution in [0, 0.1) is 10.1 Å². The number of benzene rings is 1. The monoisotopic (exact) mass is 365 g/mol. The van der Waals surface area contributed by atoms with E-state index in [1.807, 2.05) is 0 Å². The number of esters is 1. The summed E-state index contributed by atoms with van der Waals surface area (Å²) in [6.45, 7) is 1.94. The average molecular weight is 367 g/mol. The van der Waals surface area contributed by atoms with Crippen LogP contribution in [0.1, 0.15) is 12.5 Å². The maximum atomic E-state index is 11.3. The van der Waals surface area contributed by atoms with Crippen molar-refractivity contribution in [3.05, 3.63) is 36.8 Å². The van der Waals surface area contributed by atoms with E-state index in [0.29, 0.717) is 14.5 Å². The Morgan fingerprint density at radius 1 is 1.41 bits per heavy atom. The van der Waals surface area contributed by atoms with Crippen LogP contribution in [0.25, 0.3) is 0 Å². The maximum absolute atomic E-state index is 11.3. The summed E-state index contributed by atoms with van der Waals surface area (Å²) in [5.74, 6) is -0.482. The molecule has 0 heterocycles. The number of halogens is 2. The molecule has 0 aliphatic heterocycles. The SMILES string of the molecule is CCOC(=O)Cc1cc(Br)c(Br)cc1[N+](=O)[O-]. The Balaban J connectivity index is 3.08. The van der Waals surface area contributed by atoms with Gasteiger partial charge in [0.05, 0.1) is 18.0 Å². The van der Waals surface area contributed by atoms with E-state index in [9.17, 15) is 14.9 Å². The lowest BCUT2D eigenvalue weighted by atomic mass is 10.1. The van der Waals surface area contributed by atoms with Crippen LogP contribution in [-0.2, 0) is 16.0 Å². The molecule has 0 radical (unpaired) electrons. The lowest BCUT2D eigenvalue weighted by molar-refractivity contribution is -0.385. The lowest BCUT2D eigenvalue weighted by Crippen LogP contribution is -2.09. The maximum Gasteiger partial charge on any atom is 0.310 e. The van der Waals surface area contributed by atoms with Crippen molar-refractivity contribution in [2.75, 3.05) is 6.61 Å². The third-order valence-electron chi connectivity index (χ3n) is 1.96. The van der Waals surface area contributed by atoms with E-state index in [-0.39, 0.29) is 18.7 Å². The highest BCUT2D eigenvalue weighted by atomic mass is 79.9. The van der Waals surface area contributed by atoms with Crippen LogP contribution < -0.4 is 0 Å². The van der Waals surface area contributed by atoms with Crippen molar-refractivity contribution in [1.82, 2.24) is 0 Å². The molecular weight excluding hydrogens is 358 g/mol. The molecule has 0 aromatic heterocycles. The molecule has 0 aliphatic rings. The Hall–Kier alpha value is -0.950. The molecule has 7 heteroatoms. The number of nitro benzene ring substituents is 1. The molecule has 0 bridgehead atoms. The zero-order valence-corrected chi connectivity index (χ0v) is 12.1. The van der Waals surface area contributed by atoms with Gasteiger partial charge < -0.3 is 4.74 Å². The molecule has 0 atom stereocenters. The second kappa shape index (κ2) is 6.11. The first-order chi connectivity index (χ1) is 7.95. The Kier molecular flexibility index (Phi) is 5.07. The van der Waals surface area contributed by atoms with Gasteiger partial charge in [-0.25, -0.2) is 0 Å². The van der Waals surface area contributed by atoms with Crippen molar-refractivity contribution in [3.63, 3.8) is 0 Å². The molecule has 92 valence electrons. The van der Waals surface area contributed by atoms with E-state index in [2.05, 4.69) is 31.9 Å². The number of nitro groups is 1. The smallest absolute Gasteiger partial charge is 0.310 e. The van der Waals surface area contributed by atoms with Crippen LogP contribution in [0.3, 0.4) is 0 Å². The second-order valence-electron chi connectivity index (χ2n) is 3.13. The number of ether oxygens (including phenoxy) is 1. The minimum absolute atomic E-state index is 0.104. The number of nitrogens with zero attached hydrogens (tertiary/aromatic N) is 1. The molecule has 0 unspecified atom stereocenters. The van der Waals surface area contributed by atoms with Gasteiger partial charge in [-0.1, -0.05) is 0 Å². The molecule has 0 N–H and O–H groups in total. The number of hydrogen-bond donors (Lipinski definition) is 0. The largest absolute Gasteiger partial charge is 0.466 e. The fourth-order valence-electron chi connectivity index (χ4n) is 1.26. The summed E-state index contributed by atoms with van der Waals surface area (Å²) < 4.78 is 5.98. The summed E-state index contributed by atoms with van der Waals surface area (Å²) in [5.41, 5.74) is 0.219. The molecule has 1 rings (SSSR count). The first-order valence-electron chi connectivity index (χ1n) is 4.73. The van der Waals surface area contributed by atoms with Crippen LogP contribution in [-0.4, -0.2) is 17.5 Å². The Morgan fingerprint density at radius 2 is 2.00 bits per heavy atom. The summed E-state index contributed by atoms with van der Waals surface area (Å²) in [5, 5.41) is 10.8. The predicted molar refractivity (Wildman–Crippen MR) is 68.8 cm³/mol. The molecule has 0 aliphatic carbocycles. The predicted octanol–water partition coefficient (Wildman–Crippen LogP) is 3.23. The van der Waals surface area contributed by atoms with Gasteiger partial charge in [-0.2, -0.15) is 0 Å². The van der Waals surface area contributed by atoms with Crippen LogP contribution in [0.5, 0.6) is 0 Å². The fraction of sp³-hybridized carbons (Fsp3) is 0.300. The van der Waals surface area contributed by atoms with Crippen LogP contribution in [0.4, 0.5) is 5.69 Å². The first kappa shape index (κ1) is 14.1. The van der Waals surface area contributed by atoms with E-state index in [0.717, 1.165) is 0 Å². The molecule has 1 aromatic carbocycles. The molecular formula is C10H9Br2NO4. The van der Waals surface area contributed by atoms with E-state index < -0.39 is 10.9 Å². The molecule has 5 nitrogen and oxygen atoms in total. The molecule has 0 spiro atoms. The highest BCUT2D eigenvalue weighted by Gasteiger charge is 2.19. The third kappa shape index (κ3) is 3.78. The molecule has 0 saturated heterocycles. The van der Waals surface area contributed by atoms with Crippen molar-refractivity contribution < 1.29 is 14.5 Å². The number of hydrogen-bond acceptors (Lipinski definition) is 4. The average Bonchev–Trinajstić information content (AvgIpc) is 2.23. The van der Waals surface area contributed by atoms with E-state index in [1.165, 1.54) is 6.07 Å². The van der Waals surface area contributed by atoms with E-state index >= 15 is 0 Å². The van der Waals surface area contributed by atoms with E-state index in [1.54, 1.807) is 13.0 Å². The minimum atomic E-state index is -0.522. The number of rotatable bonds is 4. The van der Waals surface area contributed by atoms with Crippen molar-refractivity contribution in [1.29, 1.82) is 0 Å². The summed E-state index contributed by atoms with van der Waals surface area (Å²) in [4.78, 5) is 21.6. The second-order valence-corrected chi connectivity index (χ2v) is 4.84. The van der Waals surface area contributed by atoms with Gasteiger partial charge in [-0.15, -0.1) is 0 Å². The summed E-state index contributed by atoms with van der Waals surface area (Å²) in [6, 6.07) is 2.90. The van der Waals surface area contributed by atoms with Gasteiger partial charge in [0, 0.05) is 20.6 Å². The quantitative estimate of drug-likeness (QED) is 0.466. The van der Waals surface area contributed by atoms with Gasteiger partial charge in [0.15, 0.2) is 0 Å². The molecule has 1 aromatic rings. The molecule has 0 fully saturated rings. The number of carbonyl (C=O) groups is 1. The topological polar surface area (TPSA) is 69.4 Å². The van der Waals surface area contributed by atoms with Gasteiger partial charge in [-0.3, -0.25) is 14.9 Å². The highest BCUT2D eigenvalue weighted by molar-refractivity contribution is 9.13. The summed E-state index contributed by atoms with van der Waals surface area (Å²) in [6.07, 6.45) is -0.115. The van der Waals surface area contributed by atoms with Crippen LogP contribution >= 0.6 is 31.9 Å². The van der Waals surface area contributed by atoms with Crippen molar-refractivity contribution in [2.45, 2.75) is 13.3 Å². The zero-order chi connectivity index (χ0) is 13.0. The normalized spacial score (nSPS) is 10.1. The van der Waals surface area contributed by atoms with Gasteiger partial charge in [0.1, 0.15) is 0 Å². The Bertz CT molecular complexity index is 462. The Labute approximate surface area is 115 Å². The minimum Gasteiger partial charge on any atom is -0.466 e. The van der Waals surface area contributed by atoms with E-state index in [4.69, 9.17) is 4.74 Å². The fourth-order valence-corrected chi connectivity index (χ4v) is 1.98.